The van der Waals surface area contributed by atoms with Crippen LogP contribution < -0.4 is 10.0 Å². The van der Waals surface area contributed by atoms with Gasteiger partial charge in [-0.2, -0.15) is 0 Å². The highest BCUT2D eigenvalue weighted by molar-refractivity contribution is 7.92. The molecule has 0 bridgehead atoms. The molecule has 0 aliphatic carbocycles. The number of para-hydroxylation sites is 1. The number of ether oxygens (including phenoxy) is 1. The Morgan fingerprint density at radius 2 is 1.77 bits per heavy atom. The van der Waals surface area contributed by atoms with Crippen LogP contribution in [-0.4, -0.2) is 31.8 Å². The molecule has 0 unspecified atom stereocenters. The Morgan fingerprint density at radius 1 is 1.03 bits per heavy atom. The van der Waals surface area contributed by atoms with Crippen LogP contribution in [0.25, 0.3) is 21.3 Å². The molecule has 9 heteroatoms. The minimum atomic E-state index is -3.38. The lowest BCUT2D eigenvalue weighted by Gasteiger charge is -2.14. The van der Waals surface area contributed by atoms with Crippen molar-refractivity contribution < 1.29 is 13.2 Å². The third-order valence-corrected chi connectivity index (χ3v) is 6.06. The van der Waals surface area contributed by atoms with Gasteiger partial charge in [-0.3, -0.25) is 4.72 Å². The molecular formula is C22H22N4O3S2. The van der Waals surface area contributed by atoms with Gasteiger partial charge in [0.25, 0.3) is 0 Å². The first-order chi connectivity index (χ1) is 14.9. The van der Waals surface area contributed by atoms with Crippen LogP contribution in [0.2, 0.25) is 0 Å². The van der Waals surface area contributed by atoms with Crippen molar-refractivity contribution in [3.05, 3.63) is 71.4 Å². The van der Waals surface area contributed by atoms with E-state index in [1.54, 1.807) is 30.6 Å². The van der Waals surface area contributed by atoms with Crippen LogP contribution in [0.15, 0.2) is 60.0 Å². The maximum atomic E-state index is 11.7. The van der Waals surface area contributed by atoms with Crippen LogP contribution in [0.1, 0.15) is 11.4 Å². The van der Waals surface area contributed by atoms with Crippen LogP contribution in [0, 0.1) is 0 Å². The van der Waals surface area contributed by atoms with Crippen LogP contribution in [-0.2, 0) is 27.9 Å². The van der Waals surface area contributed by atoms with Crippen LogP contribution in [0.5, 0.6) is 0 Å². The van der Waals surface area contributed by atoms with Gasteiger partial charge in [-0.25, -0.2) is 18.4 Å². The zero-order chi connectivity index (χ0) is 21.8. The number of benzene rings is 2. The summed E-state index contributed by atoms with van der Waals surface area (Å²) in [6.45, 7) is 0.691. The number of anilines is 2. The summed E-state index contributed by atoms with van der Waals surface area (Å²) in [6.07, 6.45) is 1.14. The van der Waals surface area contributed by atoms with Gasteiger partial charge < -0.3 is 10.1 Å². The molecule has 4 aromatic rings. The monoisotopic (exact) mass is 454 g/mol. The molecule has 31 heavy (non-hydrogen) atoms. The Labute approximate surface area is 185 Å². The maximum absolute atomic E-state index is 11.7. The fourth-order valence-corrected chi connectivity index (χ4v) is 4.86. The van der Waals surface area contributed by atoms with E-state index in [-0.39, 0.29) is 0 Å². The molecule has 0 saturated carbocycles. The Hall–Kier alpha value is -3.01. The van der Waals surface area contributed by atoms with E-state index in [0.29, 0.717) is 30.5 Å². The number of fused-ring (bicyclic) bond motifs is 1. The van der Waals surface area contributed by atoms with Crippen molar-refractivity contribution in [1.29, 1.82) is 0 Å². The van der Waals surface area contributed by atoms with Gasteiger partial charge in [0.05, 0.1) is 17.3 Å². The number of sulfonamides is 1. The van der Waals surface area contributed by atoms with Gasteiger partial charge in [0.15, 0.2) is 5.82 Å². The van der Waals surface area contributed by atoms with Crippen molar-refractivity contribution in [3.63, 3.8) is 0 Å². The summed E-state index contributed by atoms with van der Waals surface area (Å²) in [5.74, 6) is 1.27. The molecule has 0 fully saturated rings. The normalized spacial score (nSPS) is 11.5. The van der Waals surface area contributed by atoms with Gasteiger partial charge in [-0.15, -0.1) is 11.3 Å². The van der Waals surface area contributed by atoms with Crippen molar-refractivity contribution in [1.82, 2.24) is 9.97 Å². The predicted octanol–water partition coefficient (Wildman–Crippen LogP) is 4.49. The molecule has 0 aliphatic rings. The molecule has 0 spiro atoms. The van der Waals surface area contributed by atoms with E-state index in [4.69, 9.17) is 4.74 Å². The standard InChI is InChI=1S/C22H22N4O3S2/c1-29-13-19-24-21(23-12-16-10-6-7-11-18(16)26-31(2,27)28)20-17(14-30-22(20)25-19)15-8-4-3-5-9-15/h3-11,14,26H,12-13H2,1-2H3,(H,23,24,25). The molecule has 160 valence electrons. The highest BCUT2D eigenvalue weighted by atomic mass is 32.2. The zero-order valence-corrected chi connectivity index (χ0v) is 18.8. The van der Waals surface area contributed by atoms with Gasteiger partial charge >= 0.3 is 0 Å². The number of nitrogens with zero attached hydrogens (tertiary/aromatic N) is 2. The predicted molar refractivity (Wildman–Crippen MR) is 126 cm³/mol. The minimum Gasteiger partial charge on any atom is -0.377 e. The quantitative estimate of drug-likeness (QED) is 0.408. The number of thiophene rings is 1. The fourth-order valence-electron chi connectivity index (χ4n) is 3.29. The fraction of sp³-hybridized carbons (Fsp3) is 0.182. The Balaban J connectivity index is 1.74. The molecule has 0 saturated heterocycles. The van der Waals surface area contributed by atoms with Crippen molar-refractivity contribution in [2.75, 3.05) is 23.4 Å². The highest BCUT2D eigenvalue weighted by Crippen LogP contribution is 2.37. The van der Waals surface area contributed by atoms with Crippen LogP contribution in [0.4, 0.5) is 11.5 Å². The summed E-state index contributed by atoms with van der Waals surface area (Å²) < 4.78 is 31.2. The lowest BCUT2D eigenvalue weighted by atomic mass is 10.1. The molecule has 0 radical (unpaired) electrons. The molecule has 7 nitrogen and oxygen atoms in total. The maximum Gasteiger partial charge on any atom is 0.229 e. The molecule has 2 aromatic carbocycles. The first-order valence-electron chi connectivity index (χ1n) is 9.56. The zero-order valence-electron chi connectivity index (χ0n) is 17.1. The van der Waals surface area contributed by atoms with E-state index in [0.717, 1.165) is 33.2 Å². The first kappa shape index (κ1) is 21.2. The Kier molecular flexibility index (Phi) is 6.17. The summed E-state index contributed by atoms with van der Waals surface area (Å²) in [5.41, 5.74) is 3.48. The van der Waals surface area contributed by atoms with Crippen molar-refractivity contribution in [2.45, 2.75) is 13.2 Å². The molecule has 0 amide bonds. The van der Waals surface area contributed by atoms with E-state index in [2.05, 4.69) is 37.5 Å². The number of aromatic nitrogens is 2. The average Bonchev–Trinajstić information content (AvgIpc) is 3.17. The molecule has 0 aliphatic heterocycles. The first-order valence-corrected chi connectivity index (χ1v) is 12.3. The van der Waals surface area contributed by atoms with Crippen LogP contribution >= 0.6 is 11.3 Å². The summed E-state index contributed by atoms with van der Waals surface area (Å²) in [5, 5.41) is 6.40. The Bertz CT molecular complexity index is 1310. The van der Waals surface area contributed by atoms with Crippen molar-refractivity contribution in [2.24, 2.45) is 0 Å². The van der Waals surface area contributed by atoms with Crippen molar-refractivity contribution in [3.8, 4) is 11.1 Å². The lowest BCUT2D eigenvalue weighted by Crippen LogP contribution is -2.13. The third-order valence-electron chi connectivity index (χ3n) is 4.60. The molecule has 2 heterocycles. The molecular weight excluding hydrogens is 432 g/mol. The van der Waals surface area contributed by atoms with Gasteiger partial charge in [-0.1, -0.05) is 48.5 Å². The van der Waals surface area contributed by atoms with E-state index in [9.17, 15) is 8.42 Å². The summed E-state index contributed by atoms with van der Waals surface area (Å²) in [7, 11) is -1.77. The molecule has 0 atom stereocenters. The molecule has 2 N–H and O–H groups in total. The number of hydrogen-bond acceptors (Lipinski definition) is 7. The Morgan fingerprint density at radius 3 is 2.52 bits per heavy atom. The molecule has 4 rings (SSSR count). The SMILES string of the molecule is COCc1nc(NCc2ccccc2NS(C)(=O)=O)c2c(-c3ccccc3)csc2n1. The number of rotatable bonds is 8. The van der Waals surface area contributed by atoms with E-state index < -0.39 is 10.0 Å². The second kappa shape index (κ2) is 9.01. The summed E-state index contributed by atoms with van der Waals surface area (Å²) >= 11 is 1.56. The van der Waals surface area contributed by atoms with Crippen LogP contribution in [0.3, 0.4) is 0 Å². The third kappa shape index (κ3) is 5.01. The van der Waals surface area contributed by atoms with Gasteiger partial charge in [-0.05, 0) is 17.2 Å². The largest absolute Gasteiger partial charge is 0.377 e. The van der Waals surface area contributed by atoms with E-state index >= 15 is 0 Å². The second-order valence-corrected chi connectivity index (χ2v) is 9.61. The summed E-state index contributed by atoms with van der Waals surface area (Å²) in [4.78, 5) is 10.2. The number of nitrogens with one attached hydrogen (secondary N) is 2. The minimum absolute atomic E-state index is 0.301. The van der Waals surface area contributed by atoms with Gasteiger partial charge in [0.2, 0.25) is 10.0 Å². The van der Waals surface area contributed by atoms with Gasteiger partial charge in [0.1, 0.15) is 17.3 Å². The van der Waals surface area contributed by atoms with E-state index in [1.165, 1.54) is 0 Å². The van der Waals surface area contributed by atoms with Gasteiger partial charge in [0, 0.05) is 24.6 Å². The second-order valence-electron chi connectivity index (χ2n) is 7.00. The average molecular weight is 455 g/mol. The lowest BCUT2D eigenvalue weighted by molar-refractivity contribution is 0.178. The van der Waals surface area contributed by atoms with Crippen molar-refractivity contribution >= 4 is 43.1 Å². The summed E-state index contributed by atoms with van der Waals surface area (Å²) in [6, 6.07) is 17.4. The topological polar surface area (TPSA) is 93.2 Å². The number of hydrogen-bond donors (Lipinski definition) is 2. The number of methoxy groups -OCH3 is 1. The smallest absolute Gasteiger partial charge is 0.229 e. The van der Waals surface area contributed by atoms with E-state index in [1.807, 2.05) is 30.3 Å². The highest BCUT2D eigenvalue weighted by Gasteiger charge is 2.16. The molecule has 2 aromatic heterocycles.